The summed E-state index contributed by atoms with van der Waals surface area (Å²) in [6.07, 6.45) is 0.225. The average Bonchev–Trinajstić information content (AvgIpc) is 2.14. The van der Waals surface area contributed by atoms with Gasteiger partial charge in [0.05, 0.1) is 0 Å². The zero-order chi connectivity index (χ0) is 10.6. The maximum Gasteiger partial charge on any atom is 0.272 e. The van der Waals surface area contributed by atoms with E-state index in [-0.39, 0.29) is 13.0 Å². The average molecular weight is 215 g/mol. The first-order chi connectivity index (χ1) is 6.55. The lowest BCUT2D eigenvalue weighted by Crippen LogP contribution is -2.16. The maximum atomic E-state index is 11.0. The van der Waals surface area contributed by atoms with E-state index in [0.717, 1.165) is 0 Å². The van der Waals surface area contributed by atoms with Gasteiger partial charge >= 0.3 is 0 Å². The zero-order valence-corrected chi connectivity index (χ0v) is 8.44. The number of hydrogen-bond donors (Lipinski definition) is 2. The Morgan fingerprint density at radius 2 is 1.86 bits per heavy atom. The van der Waals surface area contributed by atoms with Crippen molar-refractivity contribution in [3.8, 4) is 0 Å². The highest BCUT2D eigenvalue weighted by Gasteiger charge is 2.23. The van der Waals surface area contributed by atoms with Crippen LogP contribution in [0.5, 0.6) is 0 Å². The van der Waals surface area contributed by atoms with Gasteiger partial charge < -0.3 is 5.73 Å². The molecule has 1 atom stereocenters. The monoisotopic (exact) mass is 215 g/mol. The van der Waals surface area contributed by atoms with Crippen molar-refractivity contribution >= 4 is 10.1 Å². The fraction of sp³-hybridized carbons (Fsp3) is 0.333. The fourth-order valence-electron chi connectivity index (χ4n) is 1.31. The molecule has 0 heterocycles. The molecule has 0 saturated carbocycles. The van der Waals surface area contributed by atoms with Crippen LogP contribution in [0.2, 0.25) is 0 Å². The molecule has 0 radical (unpaired) electrons. The molecule has 1 unspecified atom stereocenters. The van der Waals surface area contributed by atoms with Crippen LogP contribution in [0.3, 0.4) is 0 Å². The quantitative estimate of drug-likeness (QED) is 0.733. The SMILES string of the molecule is NCCC(c1ccccc1)S(=O)(=O)O. The normalized spacial score (nSPS) is 13.9. The molecule has 0 bridgehead atoms. The molecule has 1 aromatic rings. The summed E-state index contributed by atoms with van der Waals surface area (Å²) in [4.78, 5) is 0. The molecule has 0 aliphatic carbocycles. The van der Waals surface area contributed by atoms with E-state index in [0.29, 0.717) is 5.56 Å². The van der Waals surface area contributed by atoms with Gasteiger partial charge in [0.2, 0.25) is 0 Å². The third-order valence-corrected chi connectivity index (χ3v) is 3.19. The Morgan fingerprint density at radius 3 is 2.29 bits per heavy atom. The van der Waals surface area contributed by atoms with Gasteiger partial charge in [-0.1, -0.05) is 30.3 Å². The van der Waals surface area contributed by atoms with Gasteiger partial charge in [-0.05, 0) is 18.5 Å². The summed E-state index contributed by atoms with van der Waals surface area (Å²) in [7, 11) is -4.06. The van der Waals surface area contributed by atoms with Gasteiger partial charge in [-0.3, -0.25) is 4.55 Å². The van der Waals surface area contributed by atoms with Gasteiger partial charge in [-0.25, -0.2) is 0 Å². The standard InChI is InChI=1S/C9H13NO3S/c10-7-6-9(14(11,12)13)8-4-2-1-3-5-8/h1-5,9H,6-7,10H2,(H,11,12,13). The Kier molecular flexibility index (Phi) is 3.62. The molecule has 1 rings (SSSR count). The molecule has 1 aromatic carbocycles. The zero-order valence-electron chi connectivity index (χ0n) is 7.63. The van der Waals surface area contributed by atoms with Crippen LogP contribution in [-0.4, -0.2) is 19.5 Å². The van der Waals surface area contributed by atoms with Crippen molar-refractivity contribution in [2.45, 2.75) is 11.7 Å². The molecule has 0 saturated heterocycles. The van der Waals surface area contributed by atoms with Crippen molar-refractivity contribution in [3.05, 3.63) is 35.9 Å². The topological polar surface area (TPSA) is 80.4 Å². The summed E-state index contributed by atoms with van der Waals surface area (Å²) in [5, 5.41) is -0.909. The van der Waals surface area contributed by atoms with E-state index in [9.17, 15) is 8.42 Å². The number of nitrogens with two attached hydrogens (primary N) is 1. The number of rotatable bonds is 4. The van der Waals surface area contributed by atoms with Crippen LogP contribution in [0, 0.1) is 0 Å². The molecule has 3 N–H and O–H groups in total. The Morgan fingerprint density at radius 1 is 1.29 bits per heavy atom. The van der Waals surface area contributed by atoms with Crippen molar-refractivity contribution in [1.82, 2.24) is 0 Å². The molecular weight excluding hydrogens is 202 g/mol. The molecule has 0 aliphatic rings. The maximum absolute atomic E-state index is 11.0. The second kappa shape index (κ2) is 4.54. The first-order valence-electron chi connectivity index (χ1n) is 4.27. The summed E-state index contributed by atoms with van der Waals surface area (Å²) in [5.41, 5.74) is 5.86. The Balaban J connectivity index is 3.02. The van der Waals surface area contributed by atoms with E-state index in [2.05, 4.69) is 0 Å². The summed E-state index contributed by atoms with van der Waals surface area (Å²) in [5.74, 6) is 0. The molecule has 0 fully saturated rings. The Bertz CT molecular complexity index is 374. The van der Waals surface area contributed by atoms with Gasteiger partial charge in [0.25, 0.3) is 10.1 Å². The second-order valence-electron chi connectivity index (χ2n) is 2.99. The van der Waals surface area contributed by atoms with E-state index in [4.69, 9.17) is 10.3 Å². The van der Waals surface area contributed by atoms with Crippen LogP contribution in [-0.2, 0) is 10.1 Å². The van der Waals surface area contributed by atoms with E-state index in [1.54, 1.807) is 30.3 Å². The van der Waals surface area contributed by atoms with Crippen molar-refractivity contribution in [3.63, 3.8) is 0 Å². The van der Waals surface area contributed by atoms with Crippen molar-refractivity contribution in [2.24, 2.45) is 5.73 Å². The second-order valence-corrected chi connectivity index (χ2v) is 4.59. The molecule has 4 nitrogen and oxygen atoms in total. The summed E-state index contributed by atoms with van der Waals surface area (Å²) >= 11 is 0. The lowest BCUT2D eigenvalue weighted by molar-refractivity contribution is 0.465. The fourth-order valence-corrected chi connectivity index (χ4v) is 2.24. The largest absolute Gasteiger partial charge is 0.330 e. The molecule has 5 heteroatoms. The van der Waals surface area contributed by atoms with E-state index >= 15 is 0 Å². The highest BCUT2D eigenvalue weighted by molar-refractivity contribution is 7.86. The van der Waals surface area contributed by atoms with Crippen LogP contribution >= 0.6 is 0 Å². The number of benzene rings is 1. The predicted molar refractivity (Wildman–Crippen MR) is 54.4 cm³/mol. The number of hydrogen-bond acceptors (Lipinski definition) is 3. The molecular formula is C9H13NO3S. The minimum atomic E-state index is -4.06. The molecule has 0 aliphatic heterocycles. The van der Waals surface area contributed by atoms with E-state index < -0.39 is 15.4 Å². The first-order valence-corrected chi connectivity index (χ1v) is 5.77. The molecule has 14 heavy (non-hydrogen) atoms. The van der Waals surface area contributed by atoms with Crippen LogP contribution in [0.1, 0.15) is 17.2 Å². The van der Waals surface area contributed by atoms with Gasteiger partial charge in [0.15, 0.2) is 0 Å². The summed E-state index contributed by atoms with van der Waals surface area (Å²) in [6, 6.07) is 8.56. The lowest BCUT2D eigenvalue weighted by Gasteiger charge is -2.12. The van der Waals surface area contributed by atoms with Crippen LogP contribution in [0.4, 0.5) is 0 Å². The van der Waals surface area contributed by atoms with Gasteiger partial charge in [-0.2, -0.15) is 8.42 Å². The highest BCUT2D eigenvalue weighted by atomic mass is 32.2. The smallest absolute Gasteiger partial charge is 0.272 e. The Hall–Kier alpha value is -0.910. The minimum absolute atomic E-state index is 0.222. The third-order valence-electron chi connectivity index (χ3n) is 1.96. The molecule has 78 valence electrons. The van der Waals surface area contributed by atoms with Crippen LogP contribution < -0.4 is 5.73 Å². The van der Waals surface area contributed by atoms with E-state index in [1.807, 2.05) is 0 Å². The van der Waals surface area contributed by atoms with Gasteiger partial charge in [-0.15, -0.1) is 0 Å². The third kappa shape index (κ3) is 2.80. The lowest BCUT2D eigenvalue weighted by atomic mass is 10.1. The van der Waals surface area contributed by atoms with Crippen molar-refractivity contribution in [1.29, 1.82) is 0 Å². The summed E-state index contributed by atoms with van der Waals surface area (Å²) < 4.78 is 31.0. The van der Waals surface area contributed by atoms with Gasteiger partial charge in [0.1, 0.15) is 5.25 Å². The molecule has 0 amide bonds. The predicted octanol–water partition coefficient (Wildman–Crippen LogP) is 0.964. The molecule has 0 aromatic heterocycles. The minimum Gasteiger partial charge on any atom is -0.330 e. The first kappa shape index (κ1) is 11.2. The van der Waals surface area contributed by atoms with Gasteiger partial charge in [0, 0.05) is 0 Å². The van der Waals surface area contributed by atoms with Crippen molar-refractivity contribution < 1.29 is 13.0 Å². The Labute approximate surface area is 83.5 Å². The highest BCUT2D eigenvalue weighted by Crippen LogP contribution is 2.23. The van der Waals surface area contributed by atoms with Crippen LogP contribution in [0.15, 0.2) is 30.3 Å². The molecule has 0 spiro atoms. The summed E-state index contributed by atoms with van der Waals surface area (Å²) in [6.45, 7) is 0.222. The van der Waals surface area contributed by atoms with Crippen LogP contribution in [0.25, 0.3) is 0 Å². The van der Waals surface area contributed by atoms with Crippen molar-refractivity contribution in [2.75, 3.05) is 6.54 Å². The van der Waals surface area contributed by atoms with E-state index in [1.165, 1.54) is 0 Å².